The van der Waals surface area contributed by atoms with Gasteiger partial charge in [0.1, 0.15) is 0 Å². The summed E-state index contributed by atoms with van der Waals surface area (Å²) in [6.07, 6.45) is 1.07. The molecular formula is C13H13NO. The third-order valence-electron chi connectivity index (χ3n) is 2.88. The smallest absolute Gasteiger partial charge is 0.151 e. The topological polar surface area (TPSA) is 12.5 Å². The van der Waals surface area contributed by atoms with Gasteiger partial charge in [-0.25, -0.2) is 0 Å². The van der Waals surface area contributed by atoms with Crippen LogP contribution in [-0.2, 0) is 6.42 Å². The molecule has 0 saturated heterocycles. The Morgan fingerprint density at radius 2 is 1.87 bits per heavy atom. The van der Waals surface area contributed by atoms with Crippen LogP contribution in [-0.4, -0.2) is 18.7 Å². The van der Waals surface area contributed by atoms with Gasteiger partial charge in [-0.05, 0) is 34.9 Å². The lowest BCUT2D eigenvalue weighted by Crippen LogP contribution is -2.29. The fraction of sp³-hybridized carbons (Fsp3) is 0.231. The number of nitrogens with zero attached hydrogens (tertiary/aromatic N) is 1. The van der Waals surface area contributed by atoms with Crippen LogP contribution in [0.5, 0.6) is 5.75 Å². The number of likely N-dealkylation sites (N-methyl/N-ethyl adjacent to an activating group) is 1. The van der Waals surface area contributed by atoms with E-state index < -0.39 is 0 Å². The van der Waals surface area contributed by atoms with Crippen molar-refractivity contribution in [3.8, 4) is 5.75 Å². The Balaban J connectivity index is 2.20. The lowest BCUT2D eigenvalue weighted by atomic mass is 10.0. The van der Waals surface area contributed by atoms with E-state index in [0.29, 0.717) is 0 Å². The molecule has 1 aliphatic heterocycles. The monoisotopic (exact) mass is 199 g/mol. The maximum atomic E-state index is 5.67. The van der Waals surface area contributed by atoms with E-state index in [1.807, 2.05) is 12.1 Å². The highest BCUT2D eigenvalue weighted by Crippen LogP contribution is 2.29. The quantitative estimate of drug-likeness (QED) is 0.646. The third-order valence-corrected chi connectivity index (χ3v) is 2.88. The molecule has 0 aliphatic carbocycles. The van der Waals surface area contributed by atoms with Gasteiger partial charge in [-0.3, -0.25) is 0 Å². The van der Waals surface area contributed by atoms with Crippen LogP contribution in [0.3, 0.4) is 0 Å². The second-order valence-corrected chi connectivity index (χ2v) is 4.00. The molecule has 0 amide bonds. The molecule has 2 aromatic rings. The number of benzene rings is 2. The minimum atomic E-state index is 0.964. The highest BCUT2D eigenvalue weighted by Gasteiger charge is 2.14. The Hall–Kier alpha value is -1.54. The van der Waals surface area contributed by atoms with Crippen molar-refractivity contribution in [2.75, 3.05) is 13.6 Å². The number of hydrogen-bond acceptors (Lipinski definition) is 2. The maximum Gasteiger partial charge on any atom is 0.151 e. The van der Waals surface area contributed by atoms with Crippen LogP contribution in [0.1, 0.15) is 5.56 Å². The standard InChI is InChI=1S/C13H13NO/c1-14-7-6-12-8-10-4-2-3-5-11(10)9-13(12)15-14/h2-5,8-9H,6-7H2,1H3. The van der Waals surface area contributed by atoms with E-state index >= 15 is 0 Å². The molecule has 0 saturated carbocycles. The van der Waals surface area contributed by atoms with Crippen LogP contribution in [0.25, 0.3) is 10.8 Å². The lowest BCUT2D eigenvalue weighted by Gasteiger charge is -2.25. The van der Waals surface area contributed by atoms with Gasteiger partial charge in [0.05, 0.1) is 0 Å². The Morgan fingerprint density at radius 1 is 1.13 bits per heavy atom. The summed E-state index contributed by atoms with van der Waals surface area (Å²) in [6, 6.07) is 12.8. The summed E-state index contributed by atoms with van der Waals surface area (Å²) >= 11 is 0. The molecule has 76 valence electrons. The Kier molecular flexibility index (Phi) is 1.89. The minimum absolute atomic E-state index is 0.964. The zero-order valence-electron chi connectivity index (χ0n) is 8.73. The summed E-state index contributed by atoms with van der Waals surface area (Å²) in [5.74, 6) is 1.00. The number of hydrogen-bond donors (Lipinski definition) is 0. The fourth-order valence-electron chi connectivity index (χ4n) is 2.04. The van der Waals surface area contributed by atoms with Crippen LogP contribution in [0, 0.1) is 0 Å². The molecule has 0 N–H and O–H groups in total. The van der Waals surface area contributed by atoms with Gasteiger partial charge in [-0.1, -0.05) is 24.3 Å². The highest BCUT2D eigenvalue weighted by atomic mass is 16.7. The van der Waals surface area contributed by atoms with E-state index in [0.717, 1.165) is 18.7 Å². The molecule has 0 aromatic heterocycles. The SMILES string of the molecule is CN1CCc2cc3ccccc3cc2O1. The van der Waals surface area contributed by atoms with Crippen molar-refractivity contribution in [1.29, 1.82) is 0 Å². The van der Waals surface area contributed by atoms with Gasteiger partial charge in [0.2, 0.25) is 0 Å². The van der Waals surface area contributed by atoms with Gasteiger partial charge in [-0.2, -0.15) is 0 Å². The average Bonchev–Trinajstić information content (AvgIpc) is 2.26. The molecule has 0 spiro atoms. The first-order valence-electron chi connectivity index (χ1n) is 5.24. The van der Waals surface area contributed by atoms with Gasteiger partial charge < -0.3 is 4.84 Å². The van der Waals surface area contributed by atoms with Crippen LogP contribution in [0.4, 0.5) is 0 Å². The first kappa shape index (κ1) is 8.74. The Bertz CT molecular complexity index is 507. The zero-order valence-corrected chi connectivity index (χ0v) is 8.73. The van der Waals surface area contributed by atoms with E-state index in [4.69, 9.17) is 4.84 Å². The molecular weight excluding hydrogens is 186 g/mol. The van der Waals surface area contributed by atoms with E-state index in [9.17, 15) is 0 Å². The molecule has 0 fully saturated rings. The highest BCUT2D eigenvalue weighted by molar-refractivity contribution is 5.85. The summed E-state index contributed by atoms with van der Waals surface area (Å²) in [5.41, 5.74) is 1.31. The third kappa shape index (κ3) is 1.47. The van der Waals surface area contributed by atoms with Crippen LogP contribution in [0.15, 0.2) is 36.4 Å². The Morgan fingerprint density at radius 3 is 2.67 bits per heavy atom. The number of fused-ring (bicyclic) bond motifs is 2. The average molecular weight is 199 g/mol. The van der Waals surface area contributed by atoms with Gasteiger partial charge >= 0.3 is 0 Å². The second-order valence-electron chi connectivity index (χ2n) is 4.00. The molecule has 0 atom stereocenters. The zero-order chi connectivity index (χ0) is 10.3. The van der Waals surface area contributed by atoms with Gasteiger partial charge in [0.15, 0.2) is 5.75 Å². The molecule has 2 aromatic carbocycles. The van der Waals surface area contributed by atoms with Crippen LogP contribution < -0.4 is 4.84 Å². The van der Waals surface area contributed by atoms with Crippen molar-refractivity contribution in [2.24, 2.45) is 0 Å². The van der Waals surface area contributed by atoms with E-state index in [1.165, 1.54) is 16.3 Å². The molecule has 1 aliphatic rings. The second kappa shape index (κ2) is 3.24. The summed E-state index contributed by atoms with van der Waals surface area (Å²) in [6.45, 7) is 0.964. The van der Waals surface area contributed by atoms with Crippen molar-refractivity contribution >= 4 is 10.8 Å². The van der Waals surface area contributed by atoms with Crippen molar-refractivity contribution in [3.05, 3.63) is 42.0 Å². The van der Waals surface area contributed by atoms with Gasteiger partial charge in [-0.15, -0.1) is 5.06 Å². The minimum Gasteiger partial charge on any atom is -0.406 e. The molecule has 15 heavy (non-hydrogen) atoms. The molecule has 0 unspecified atom stereocenters. The predicted octanol–water partition coefficient (Wildman–Crippen LogP) is 2.62. The van der Waals surface area contributed by atoms with E-state index in [1.54, 1.807) is 0 Å². The van der Waals surface area contributed by atoms with E-state index in [-0.39, 0.29) is 0 Å². The summed E-state index contributed by atoms with van der Waals surface area (Å²) in [4.78, 5) is 5.67. The largest absolute Gasteiger partial charge is 0.406 e. The number of hydroxylamine groups is 2. The molecule has 0 bridgehead atoms. The van der Waals surface area contributed by atoms with Gasteiger partial charge in [0.25, 0.3) is 0 Å². The first-order valence-corrected chi connectivity index (χ1v) is 5.24. The van der Waals surface area contributed by atoms with Crippen LogP contribution in [0.2, 0.25) is 0 Å². The molecule has 3 rings (SSSR count). The van der Waals surface area contributed by atoms with E-state index in [2.05, 4.69) is 36.4 Å². The maximum absolute atomic E-state index is 5.67. The lowest BCUT2D eigenvalue weighted by molar-refractivity contribution is -0.0420. The van der Waals surface area contributed by atoms with Crippen LogP contribution >= 0.6 is 0 Å². The summed E-state index contributed by atoms with van der Waals surface area (Å²) < 4.78 is 0. The number of rotatable bonds is 0. The van der Waals surface area contributed by atoms with Crippen molar-refractivity contribution in [1.82, 2.24) is 5.06 Å². The Labute approximate surface area is 89.0 Å². The van der Waals surface area contributed by atoms with Crippen molar-refractivity contribution in [3.63, 3.8) is 0 Å². The molecule has 1 heterocycles. The molecule has 2 nitrogen and oxygen atoms in total. The molecule has 2 heteroatoms. The predicted molar refractivity (Wildman–Crippen MR) is 60.9 cm³/mol. The normalized spacial score (nSPS) is 16.1. The first-order chi connectivity index (χ1) is 7.33. The molecule has 0 radical (unpaired) electrons. The van der Waals surface area contributed by atoms with Gasteiger partial charge in [0, 0.05) is 13.6 Å². The summed E-state index contributed by atoms with van der Waals surface area (Å²) in [7, 11) is 1.97. The van der Waals surface area contributed by atoms with Crippen molar-refractivity contribution in [2.45, 2.75) is 6.42 Å². The van der Waals surface area contributed by atoms with Crippen molar-refractivity contribution < 1.29 is 4.84 Å². The fourth-order valence-corrected chi connectivity index (χ4v) is 2.04. The summed E-state index contributed by atoms with van der Waals surface area (Å²) in [5, 5.41) is 4.42.